The summed E-state index contributed by atoms with van der Waals surface area (Å²) in [7, 11) is 0. The Balaban J connectivity index is 1.85. The van der Waals surface area contributed by atoms with Crippen LogP contribution in [0, 0.1) is 0 Å². The van der Waals surface area contributed by atoms with Crippen LogP contribution in [-0.4, -0.2) is 24.0 Å². The molecule has 0 radical (unpaired) electrons. The fraction of sp³-hybridized carbons (Fsp3) is 0.368. The molecule has 27 heavy (non-hydrogen) atoms. The van der Waals surface area contributed by atoms with Crippen molar-refractivity contribution in [3.05, 3.63) is 53.7 Å². The largest absolute Gasteiger partial charge is 0.477 e. The summed E-state index contributed by atoms with van der Waals surface area (Å²) in [6.07, 6.45) is -0.903. The first kappa shape index (κ1) is 20.5. The number of carbonyl (C=O) groups excluding carboxylic acids is 1. The Morgan fingerprint density at radius 2 is 2.04 bits per heavy atom. The van der Waals surface area contributed by atoms with Crippen LogP contribution in [0.2, 0.25) is 0 Å². The van der Waals surface area contributed by atoms with Crippen LogP contribution in [0.25, 0.3) is 0 Å². The van der Waals surface area contributed by atoms with E-state index in [-0.39, 0.29) is 24.7 Å². The molecule has 0 aliphatic rings. The molecule has 1 heterocycles. The lowest BCUT2D eigenvalue weighted by molar-refractivity contribution is -0.137. The van der Waals surface area contributed by atoms with Crippen molar-refractivity contribution in [2.45, 2.75) is 32.5 Å². The number of carbonyl (C=O) groups is 1. The Labute approximate surface area is 155 Å². The summed E-state index contributed by atoms with van der Waals surface area (Å²) in [6, 6.07) is 8.26. The number of unbranched alkanes of at least 4 members (excludes halogenated alkanes) is 1. The van der Waals surface area contributed by atoms with Crippen LogP contribution in [0.3, 0.4) is 0 Å². The van der Waals surface area contributed by atoms with Gasteiger partial charge in [0.15, 0.2) is 0 Å². The van der Waals surface area contributed by atoms with Crippen LogP contribution in [0.4, 0.5) is 18.9 Å². The third-order valence-corrected chi connectivity index (χ3v) is 3.71. The highest BCUT2D eigenvalue weighted by atomic mass is 19.4. The predicted octanol–water partition coefficient (Wildman–Crippen LogP) is 4.01. The standard InChI is InChI=1S/C19H22F3N3O2/c1-2-3-10-27-18-14(6-5-9-23-18)12-25-17(26)13-24-16-8-4-7-15(11-16)19(20,21)22/h4-9,11,24H,2-3,10,12-13H2,1H3,(H,25,26). The van der Waals surface area contributed by atoms with E-state index in [1.165, 1.54) is 12.1 Å². The van der Waals surface area contributed by atoms with Gasteiger partial charge in [0.25, 0.3) is 0 Å². The molecule has 0 aliphatic carbocycles. The molecule has 1 aromatic carbocycles. The average molecular weight is 381 g/mol. The molecule has 1 aromatic heterocycles. The smallest absolute Gasteiger partial charge is 0.416 e. The topological polar surface area (TPSA) is 63.2 Å². The Bertz CT molecular complexity index is 751. The molecule has 0 atom stereocenters. The molecule has 0 bridgehead atoms. The molecule has 1 amide bonds. The van der Waals surface area contributed by atoms with Crippen molar-refractivity contribution in [1.29, 1.82) is 0 Å². The zero-order valence-corrected chi connectivity index (χ0v) is 15.0. The number of amides is 1. The zero-order chi connectivity index (χ0) is 19.7. The van der Waals surface area contributed by atoms with E-state index in [0.29, 0.717) is 12.5 Å². The number of aromatic nitrogens is 1. The second kappa shape index (κ2) is 9.80. The van der Waals surface area contributed by atoms with Crippen molar-refractivity contribution >= 4 is 11.6 Å². The molecule has 2 N–H and O–H groups in total. The molecule has 0 saturated carbocycles. The van der Waals surface area contributed by atoms with Gasteiger partial charge in [0.2, 0.25) is 11.8 Å². The van der Waals surface area contributed by atoms with Gasteiger partial charge in [0.05, 0.1) is 18.7 Å². The van der Waals surface area contributed by atoms with Crippen LogP contribution in [-0.2, 0) is 17.5 Å². The van der Waals surface area contributed by atoms with E-state index in [2.05, 4.69) is 22.5 Å². The van der Waals surface area contributed by atoms with Gasteiger partial charge in [-0.05, 0) is 30.7 Å². The van der Waals surface area contributed by atoms with Crippen molar-refractivity contribution in [3.8, 4) is 5.88 Å². The van der Waals surface area contributed by atoms with Gasteiger partial charge in [-0.2, -0.15) is 13.2 Å². The summed E-state index contributed by atoms with van der Waals surface area (Å²) in [5.41, 5.74) is 0.197. The van der Waals surface area contributed by atoms with Gasteiger partial charge in [0, 0.05) is 24.0 Å². The number of nitrogens with one attached hydrogen (secondary N) is 2. The van der Waals surface area contributed by atoms with E-state index in [4.69, 9.17) is 4.74 Å². The zero-order valence-electron chi connectivity index (χ0n) is 15.0. The Kier molecular flexibility index (Phi) is 7.45. The molecule has 0 fully saturated rings. The van der Waals surface area contributed by atoms with Crippen molar-refractivity contribution in [2.75, 3.05) is 18.5 Å². The molecule has 2 aromatic rings. The number of benzene rings is 1. The molecule has 5 nitrogen and oxygen atoms in total. The lowest BCUT2D eigenvalue weighted by Gasteiger charge is -2.12. The average Bonchev–Trinajstić information content (AvgIpc) is 2.65. The van der Waals surface area contributed by atoms with Gasteiger partial charge in [0.1, 0.15) is 0 Å². The number of hydrogen-bond donors (Lipinski definition) is 2. The Hall–Kier alpha value is -2.77. The summed E-state index contributed by atoms with van der Waals surface area (Å²) in [5.74, 6) is 0.118. The summed E-state index contributed by atoms with van der Waals surface area (Å²) in [6.45, 7) is 2.68. The molecule has 8 heteroatoms. The first-order valence-corrected chi connectivity index (χ1v) is 8.64. The van der Waals surface area contributed by atoms with Crippen LogP contribution in [0.15, 0.2) is 42.6 Å². The van der Waals surface area contributed by atoms with E-state index in [1.54, 1.807) is 18.3 Å². The summed E-state index contributed by atoms with van der Waals surface area (Å²) < 4.78 is 43.7. The Morgan fingerprint density at radius 1 is 1.22 bits per heavy atom. The van der Waals surface area contributed by atoms with Crippen molar-refractivity contribution < 1.29 is 22.7 Å². The fourth-order valence-corrected chi connectivity index (χ4v) is 2.25. The van der Waals surface area contributed by atoms with Crippen molar-refractivity contribution in [3.63, 3.8) is 0 Å². The number of rotatable bonds is 9. The maximum Gasteiger partial charge on any atom is 0.416 e. The van der Waals surface area contributed by atoms with Crippen molar-refractivity contribution in [2.24, 2.45) is 0 Å². The van der Waals surface area contributed by atoms with Crippen LogP contribution < -0.4 is 15.4 Å². The highest BCUT2D eigenvalue weighted by molar-refractivity contribution is 5.80. The molecule has 0 unspecified atom stereocenters. The summed E-state index contributed by atoms with van der Waals surface area (Å²) in [5, 5.41) is 5.39. The normalized spacial score (nSPS) is 11.1. The molecule has 2 rings (SSSR count). The molecule has 146 valence electrons. The van der Waals surface area contributed by atoms with E-state index in [0.717, 1.165) is 30.5 Å². The highest BCUT2D eigenvalue weighted by Gasteiger charge is 2.30. The number of anilines is 1. The van der Waals surface area contributed by atoms with E-state index < -0.39 is 11.7 Å². The number of alkyl halides is 3. The molecular weight excluding hydrogens is 359 g/mol. The van der Waals surface area contributed by atoms with E-state index in [1.807, 2.05) is 0 Å². The molecular formula is C19H22F3N3O2. The van der Waals surface area contributed by atoms with Gasteiger partial charge in [-0.15, -0.1) is 0 Å². The monoisotopic (exact) mass is 381 g/mol. The van der Waals surface area contributed by atoms with Gasteiger partial charge in [-0.1, -0.05) is 25.5 Å². The van der Waals surface area contributed by atoms with E-state index >= 15 is 0 Å². The SMILES string of the molecule is CCCCOc1ncccc1CNC(=O)CNc1cccc(C(F)(F)F)c1. The number of ether oxygens (including phenoxy) is 1. The number of pyridine rings is 1. The Morgan fingerprint density at radius 3 is 2.78 bits per heavy atom. The number of nitrogens with zero attached hydrogens (tertiary/aromatic N) is 1. The number of hydrogen-bond acceptors (Lipinski definition) is 4. The minimum absolute atomic E-state index is 0.145. The summed E-state index contributed by atoms with van der Waals surface area (Å²) in [4.78, 5) is 16.1. The third kappa shape index (κ3) is 6.80. The predicted molar refractivity (Wildman–Crippen MR) is 96.4 cm³/mol. The number of halogens is 3. The molecule has 0 spiro atoms. The highest BCUT2D eigenvalue weighted by Crippen LogP contribution is 2.30. The maximum atomic E-state index is 12.7. The molecule has 0 saturated heterocycles. The van der Waals surface area contributed by atoms with Gasteiger partial charge in [-0.25, -0.2) is 4.98 Å². The minimum Gasteiger partial charge on any atom is -0.477 e. The summed E-state index contributed by atoms with van der Waals surface area (Å²) >= 11 is 0. The second-order valence-corrected chi connectivity index (χ2v) is 5.88. The fourth-order valence-electron chi connectivity index (χ4n) is 2.25. The van der Waals surface area contributed by atoms with Gasteiger partial charge >= 0.3 is 6.18 Å². The van der Waals surface area contributed by atoms with E-state index in [9.17, 15) is 18.0 Å². The third-order valence-electron chi connectivity index (χ3n) is 3.71. The first-order chi connectivity index (χ1) is 12.9. The van der Waals surface area contributed by atoms with Crippen LogP contribution in [0.5, 0.6) is 5.88 Å². The van der Waals surface area contributed by atoms with Crippen LogP contribution in [0.1, 0.15) is 30.9 Å². The van der Waals surface area contributed by atoms with Crippen molar-refractivity contribution in [1.82, 2.24) is 10.3 Å². The maximum absolute atomic E-state index is 12.7. The lowest BCUT2D eigenvalue weighted by Crippen LogP contribution is -2.29. The van der Waals surface area contributed by atoms with Crippen LogP contribution >= 0.6 is 0 Å². The lowest BCUT2D eigenvalue weighted by atomic mass is 10.2. The molecule has 0 aliphatic heterocycles. The minimum atomic E-state index is -4.42. The van der Waals surface area contributed by atoms with Gasteiger partial charge < -0.3 is 15.4 Å². The second-order valence-electron chi connectivity index (χ2n) is 5.88. The first-order valence-electron chi connectivity index (χ1n) is 8.64. The quantitative estimate of drug-likeness (QED) is 0.645. The van der Waals surface area contributed by atoms with Gasteiger partial charge in [-0.3, -0.25) is 4.79 Å².